The molecule has 0 aliphatic rings. The van der Waals surface area contributed by atoms with Gasteiger partial charge in [0.2, 0.25) is 0 Å². The lowest BCUT2D eigenvalue weighted by atomic mass is 10.0. The van der Waals surface area contributed by atoms with E-state index in [0.29, 0.717) is 24.7 Å². The summed E-state index contributed by atoms with van der Waals surface area (Å²) in [5, 5.41) is 20.0. The molecule has 0 unspecified atom stereocenters. The van der Waals surface area contributed by atoms with Crippen LogP contribution in [0.2, 0.25) is 0 Å². The van der Waals surface area contributed by atoms with Crippen LogP contribution in [-0.2, 0) is 12.8 Å². The van der Waals surface area contributed by atoms with Crippen molar-refractivity contribution in [2.24, 2.45) is 0 Å². The van der Waals surface area contributed by atoms with Gasteiger partial charge in [-0.25, -0.2) is 0 Å². The summed E-state index contributed by atoms with van der Waals surface area (Å²) in [6.07, 6.45) is 10.6. The minimum Gasteiger partial charge on any atom is -0.504 e. The van der Waals surface area contributed by atoms with Gasteiger partial charge >= 0.3 is 0 Å². The normalized spacial score (nSPS) is 10.9. The Hall–Kier alpha value is -2.36. The van der Waals surface area contributed by atoms with Gasteiger partial charge in [0.05, 0.1) is 13.2 Å². The Morgan fingerprint density at radius 3 is 1.43 bits per heavy atom. The molecule has 4 nitrogen and oxygen atoms in total. The van der Waals surface area contributed by atoms with Crippen molar-refractivity contribution in [1.29, 1.82) is 0 Å². The van der Waals surface area contributed by atoms with E-state index in [1.54, 1.807) is 12.1 Å². The number of benzene rings is 2. The zero-order valence-corrected chi connectivity index (χ0v) is 18.7. The van der Waals surface area contributed by atoms with E-state index >= 15 is 0 Å². The number of phenols is 2. The summed E-state index contributed by atoms with van der Waals surface area (Å²) in [7, 11) is 0. The molecule has 0 spiro atoms. The Balaban J connectivity index is 1.77. The van der Waals surface area contributed by atoms with Crippen LogP contribution in [0.3, 0.4) is 0 Å². The fourth-order valence-electron chi connectivity index (χ4n) is 3.39. The molecule has 0 aliphatic heterocycles. The third-order valence-electron chi connectivity index (χ3n) is 5.24. The van der Waals surface area contributed by atoms with E-state index in [9.17, 15) is 10.2 Å². The summed E-state index contributed by atoms with van der Waals surface area (Å²) in [6.45, 7) is 5.62. The monoisotopic (exact) mass is 414 g/mol. The molecule has 0 aliphatic carbocycles. The number of aryl methyl sites for hydroxylation is 2. The van der Waals surface area contributed by atoms with E-state index in [0.717, 1.165) is 64.2 Å². The number of rotatable bonds is 15. The smallest absolute Gasteiger partial charge is 0.161 e. The average molecular weight is 415 g/mol. The van der Waals surface area contributed by atoms with Crippen LogP contribution >= 0.6 is 0 Å². The summed E-state index contributed by atoms with van der Waals surface area (Å²) >= 11 is 0. The van der Waals surface area contributed by atoms with Gasteiger partial charge in [0, 0.05) is 0 Å². The van der Waals surface area contributed by atoms with Gasteiger partial charge in [-0.3, -0.25) is 0 Å². The van der Waals surface area contributed by atoms with Crippen molar-refractivity contribution in [2.45, 2.75) is 78.1 Å². The molecule has 0 atom stereocenters. The van der Waals surface area contributed by atoms with Crippen molar-refractivity contribution < 1.29 is 19.7 Å². The minimum atomic E-state index is 0.214. The predicted molar refractivity (Wildman–Crippen MR) is 123 cm³/mol. The van der Waals surface area contributed by atoms with E-state index in [4.69, 9.17) is 9.47 Å². The second-order valence-corrected chi connectivity index (χ2v) is 7.92. The Labute approximate surface area is 181 Å². The maximum absolute atomic E-state index is 9.99. The minimum absolute atomic E-state index is 0.214. The summed E-state index contributed by atoms with van der Waals surface area (Å²) in [6, 6.07) is 11.3. The number of hydrogen-bond acceptors (Lipinski definition) is 4. The highest BCUT2D eigenvalue weighted by Gasteiger charge is 2.06. The van der Waals surface area contributed by atoms with Crippen molar-refractivity contribution >= 4 is 0 Å². The van der Waals surface area contributed by atoms with Gasteiger partial charge in [-0.15, -0.1) is 0 Å². The lowest BCUT2D eigenvalue weighted by molar-refractivity contribution is 0.290. The Bertz CT molecular complexity index is 678. The van der Waals surface area contributed by atoms with Crippen molar-refractivity contribution in [1.82, 2.24) is 0 Å². The number of aromatic hydroxyl groups is 2. The van der Waals surface area contributed by atoms with Crippen LogP contribution in [0.25, 0.3) is 0 Å². The molecule has 4 heteroatoms. The van der Waals surface area contributed by atoms with Crippen molar-refractivity contribution in [3.63, 3.8) is 0 Å². The van der Waals surface area contributed by atoms with E-state index in [2.05, 4.69) is 13.8 Å². The number of ether oxygens (including phenoxy) is 2. The van der Waals surface area contributed by atoms with Crippen LogP contribution in [-0.4, -0.2) is 23.4 Å². The van der Waals surface area contributed by atoms with Crippen LogP contribution in [0.1, 0.15) is 76.3 Å². The first kappa shape index (κ1) is 23.9. The summed E-state index contributed by atoms with van der Waals surface area (Å²) in [5.74, 6) is 1.61. The van der Waals surface area contributed by atoms with Crippen molar-refractivity contribution in [2.75, 3.05) is 13.2 Å². The molecule has 0 heterocycles. The Kier molecular flexibility index (Phi) is 11.0. The van der Waals surface area contributed by atoms with Crippen molar-refractivity contribution in [3.8, 4) is 23.0 Å². The van der Waals surface area contributed by atoms with Gasteiger partial charge in [0.15, 0.2) is 23.0 Å². The molecule has 166 valence electrons. The van der Waals surface area contributed by atoms with Gasteiger partial charge in [0.1, 0.15) is 0 Å². The van der Waals surface area contributed by atoms with E-state index in [-0.39, 0.29) is 11.5 Å². The highest BCUT2D eigenvalue weighted by atomic mass is 16.5. The van der Waals surface area contributed by atoms with Crippen LogP contribution in [0.15, 0.2) is 36.4 Å². The predicted octanol–water partition coefficient (Wildman–Crippen LogP) is 6.80. The summed E-state index contributed by atoms with van der Waals surface area (Å²) in [5.41, 5.74) is 2.37. The van der Waals surface area contributed by atoms with Gasteiger partial charge in [-0.2, -0.15) is 0 Å². The third kappa shape index (κ3) is 8.56. The molecule has 2 aromatic carbocycles. The van der Waals surface area contributed by atoms with Gasteiger partial charge in [-0.05, 0) is 73.9 Å². The van der Waals surface area contributed by atoms with Gasteiger partial charge in [0.25, 0.3) is 0 Å². The second kappa shape index (κ2) is 13.8. The van der Waals surface area contributed by atoms with Crippen LogP contribution in [0, 0.1) is 0 Å². The molecule has 0 amide bonds. The number of phenolic OH excluding ortho intramolecular Hbond substituents is 2. The first-order valence-corrected chi connectivity index (χ1v) is 11.5. The lowest BCUT2D eigenvalue weighted by Gasteiger charge is -2.11. The highest BCUT2D eigenvalue weighted by molar-refractivity contribution is 5.42. The molecule has 0 saturated heterocycles. The summed E-state index contributed by atoms with van der Waals surface area (Å²) < 4.78 is 11.5. The van der Waals surface area contributed by atoms with Crippen molar-refractivity contribution in [3.05, 3.63) is 47.5 Å². The van der Waals surface area contributed by atoms with Gasteiger partial charge in [-0.1, -0.05) is 51.7 Å². The first-order chi connectivity index (χ1) is 14.6. The molecule has 2 N–H and O–H groups in total. The molecular formula is C26H38O4. The maximum atomic E-state index is 9.99. The quantitative estimate of drug-likeness (QED) is 0.315. The number of hydrogen-bond donors (Lipinski definition) is 2. The zero-order chi connectivity index (χ0) is 21.6. The largest absolute Gasteiger partial charge is 0.504 e. The van der Waals surface area contributed by atoms with Crippen LogP contribution in [0.4, 0.5) is 0 Å². The van der Waals surface area contributed by atoms with Gasteiger partial charge < -0.3 is 19.7 Å². The van der Waals surface area contributed by atoms with E-state index in [1.165, 1.54) is 11.1 Å². The Morgan fingerprint density at radius 1 is 0.600 bits per heavy atom. The SMILES string of the molecule is CCCCCOc1cc(CCCCc2ccc(O)c(OCCCCC)c2)ccc1O. The standard InChI is InChI=1S/C26H38O4/c1-3-5-9-17-29-25-19-21(13-15-23(25)27)11-7-8-12-22-14-16-24(28)26(20-22)30-18-10-6-4-2/h13-16,19-20,27-28H,3-12,17-18H2,1-2H3. The Morgan fingerprint density at radius 2 is 1.03 bits per heavy atom. The zero-order valence-electron chi connectivity index (χ0n) is 18.7. The molecule has 0 fully saturated rings. The molecule has 0 bridgehead atoms. The summed E-state index contributed by atoms with van der Waals surface area (Å²) in [4.78, 5) is 0. The fraction of sp³-hybridized carbons (Fsp3) is 0.538. The maximum Gasteiger partial charge on any atom is 0.161 e. The highest BCUT2D eigenvalue weighted by Crippen LogP contribution is 2.29. The molecule has 0 saturated carbocycles. The molecule has 2 rings (SSSR count). The molecule has 30 heavy (non-hydrogen) atoms. The van der Waals surface area contributed by atoms with Crippen LogP contribution in [0.5, 0.6) is 23.0 Å². The molecule has 0 radical (unpaired) electrons. The van der Waals surface area contributed by atoms with E-state index in [1.807, 2.05) is 24.3 Å². The molecular weight excluding hydrogens is 376 g/mol. The first-order valence-electron chi connectivity index (χ1n) is 11.5. The van der Waals surface area contributed by atoms with Crippen LogP contribution < -0.4 is 9.47 Å². The van der Waals surface area contributed by atoms with E-state index < -0.39 is 0 Å². The lowest BCUT2D eigenvalue weighted by Crippen LogP contribution is -1.99. The fourth-order valence-corrected chi connectivity index (χ4v) is 3.39. The third-order valence-corrected chi connectivity index (χ3v) is 5.24. The topological polar surface area (TPSA) is 58.9 Å². The second-order valence-electron chi connectivity index (χ2n) is 7.92. The average Bonchev–Trinajstić information content (AvgIpc) is 2.75. The molecule has 2 aromatic rings. The molecule has 0 aromatic heterocycles. The number of unbranched alkanes of at least 4 members (excludes halogenated alkanes) is 5.